The van der Waals surface area contributed by atoms with Crippen LogP contribution in [0.5, 0.6) is 11.5 Å². The van der Waals surface area contributed by atoms with Crippen LogP contribution in [0.2, 0.25) is 0 Å². The second-order valence-electron chi connectivity index (χ2n) is 8.73. The molecule has 1 aliphatic rings. The monoisotopic (exact) mass is 464 g/mol. The molecule has 1 fully saturated rings. The number of methoxy groups -OCH3 is 2. The predicted molar refractivity (Wildman–Crippen MR) is 136 cm³/mol. The molecule has 2 rings (SSSR count). The number of nitrogens with one attached hydrogen (secondary N) is 2. The number of carbonyl (C=O) groups excluding carboxylic acids is 1. The van der Waals surface area contributed by atoms with Crippen LogP contribution in [0.25, 0.3) is 0 Å². The number of rotatable bonds is 17. The van der Waals surface area contributed by atoms with Crippen molar-refractivity contribution in [2.24, 2.45) is 0 Å². The Morgan fingerprint density at radius 3 is 2.12 bits per heavy atom. The average molecular weight is 465 g/mol. The maximum Gasteiger partial charge on any atom is 0.238 e. The van der Waals surface area contributed by atoms with Gasteiger partial charge in [-0.1, -0.05) is 83.6 Å². The van der Waals surface area contributed by atoms with Gasteiger partial charge in [0.1, 0.15) is 0 Å². The van der Waals surface area contributed by atoms with Crippen molar-refractivity contribution >= 4 is 17.7 Å². The van der Waals surface area contributed by atoms with Crippen molar-refractivity contribution in [1.29, 1.82) is 0 Å². The summed E-state index contributed by atoms with van der Waals surface area (Å²) in [4.78, 5) is 12.5. The molecule has 1 heterocycles. The highest BCUT2D eigenvalue weighted by atomic mass is 32.2. The minimum Gasteiger partial charge on any atom is -0.493 e. The molecule has 0 aliphatic carbocycles. The molecule has 0 saturated carbocycles. The fourth-order valence-corrected chi connectivity index (χ4v) is 5.36. The minimum atomic E-state index is -0.143. The van der Waals surface area contributed by atoms with Gasteiger partial charge >= 0.3 is 0 Å². The van der Waals surface area contributed by atoms with Gasteiger partial charge in [-0.2, -0.15) is 0 Å². The van der Waals surface area contributed by atoms with E-state index in [2.05, 4.69) is 17.6 Å². The average Bonchev–Trinajstić information content (AvgIpc) is 3.32. The van der Waals surface area contributed by atoms with E-state index in [0.717, 1.165) is 30.0 Å². The molecule has 1 amide bonds. The van der Waals surface area contributed by atoms with Crippen molar-refractivity contribution in [3.63, 3.8) is 0 Å². The number of hydrogen-bond acceptors (Lipinski definition) is 5. The second kappa shape index (κ2) is 16.2. The van der Waals surface area contributed by atoms with E-state index >= 15 is 0 Å². The van der Waals surface area contributed by atoms with E-state index in [1.165, 1.54) is 70.6 Å². The maximum absolute atomic E-state index is 12.5. The Morgan fingerprint density at radius 1 is 0.938 bits per heavy atom. The van der Waals surface area contributed by atoms with Gasteiger partial charge in [0.2, 0.25) is 5.91 Å². The van der Waals surface area contributed by atoms with Crippen LogP contribution in [-0.4, -0.2) is 38.5 Å². The van der Waals surface area contributed by atoms with Gasteiger partial charge in [-0.3, -0.25) is 10.1 Å². The SMILES string of the molecule is CCCCCCCCCCCCCCNC(=O)[C@@H]1CSC(c2ccc(OC)c(OC)c2)N1. The number of thioether (sulfide) groups is 1. The fraction of sp³-hybridized carbons (Fsp3) is 0.731. The van der Waals surface area contributed by atoms with Crippen molar-refractivity contribution < 1.29 is 14.3 Å². The standard InChI is InChI=1S/C26H44N2O3S/c1-4-5-6-7-8-9-10-11-12-13-14-15-18-27-25(29)22-20-32-26(28-22)21-16-17-23(30-2)24(19-21)31-3/h16-17,19,22,26,28H,4-15,18,20H2,1-3H3,(H,27,29)/t22-,26?/m0/s1. The van der Waals surface area contributed by atoms with Crippen LogP contribution in [0, 0.1) is 0 Å². The lowest BCUT2D eigenvalue weighted by Crippen LogP contribution is -2.42. The lowest BCUT2D eigenvalue weighted by molar-refractivity contribution is -0.122. The summed E-state index contributed by atoms with van der Waals surface area (Å²) in [7, 11) is 3.28. The summed E-state index contributed by atoms with van der Waals surface area (Å²) in [5, 5.41) is 6.66. The minimum absolute atomic E-state index is 0.0946. The summed E-state index contributed by atoms with van der Waals surface area (Å²) >= 11 is 1.76. The van der Waals surface area contributed by atoms with Crippen LogP contribution in [0.1, 0.15) is 94.9 Å². The lowest BCUT2D eigenvalue weighted by atomic mass is 10.1. The zero-order chi connectivity index (χ0) is 23.0. The van der Waals surface area contributed by atoms with E-state index in [-0.39, 0.29) is 17.3 Å². The van der Waals surface area contributed by atoms with E-state index in [1.807, 2.05) is 18.2 Å². The van der Waals surface area contributed by atoms with Crippen LogP contribution in [0.4, 0.5) is 0 Å². The molecule has 0 spiro atoms. The highest BCUT2D eigenvalue weighted by molar-refractivity contribution is 7.99. The molecule has 0 aromatic heterocycles. The number of ether oxygens (including phenoxy) is 2. The molecule has 182 valence electrons. The summed E-state index contributed by atoms with van der Waals surface area (Å²) in [5.74, 6) is 2.33. The Balaban J connectivity index is 1.52. The first kappa shape index (κ1) is 26.8. The summed E-state index contributed by atoms with van der Waals surface area (Å²) in [6, 6.07) is 5.78. The molecule has 6 heteroatoms. The molecule has 2 atom stereocenters. The molecule has 1 aromatic rings. The Kier molecular flexibility index (Phi) is 13.6. The van der Waals surface area contributed by atoms with E-state index in [9.17, 15) is 4.79 Å². The lowest BCUT2D eigenvalue weighted by Gasteiger charge is -2.15. The van der Waals surface area contributed by atoms with Crippen LogP contribution < -0.4 is 20.1 Å². The number of unbranched alkanes of at least 4 members (excludes halogenated alkanes) is 11. The van der Waals surface area contributed by atoms with E-state index in [1.54, 1.807) is 26.0 Å². The van der Waals surface area contributed by atoms with Crippen molar-refractivity contribution in [2.45, 2.75) is 95.4 Å². The fourth-order valence-electron chi connectivity index (χ4n) is 4.13. The quantitative estimate of drug-likeness (QED) is 0.268. The molecule has 5 nitrogen and oxygen atoms in total. The van der Waals surface area contributed by atoms with Gasteiger partial charge < -0.3 is 14.8 Å². The van der Waals surface area contributed by atoms with Crippen molar-refractivity contribution in [3.05, 3.63) is 23.8 Å². The summed E-state index contributed by atoms with van der Waals surface area (Å²) in [6.45, 7) is 3.05. The highest BCUT2D eigenvalue weighted by Gasteiger charge is 2.30. The predicted octanol–water partition coefficient (Wildman–Crippen LogP) is 6.22. The van der Waals surface area contributed by atoms with Gasteiger partial charge in [-0.15, -0.1) is 11.8 Å². The number of hydrogen-bond donors (Lipinski definition) is 2. The second-order valence-corrected chi connectivity index (χ2v) is 9.87. The normalized spacial score (nSPS) is 18.0. The third-order valence-electron chi connectivity index (χ3n) is 6.14. The van der Waals surface area contributed by atoms with Crippen molar-refractivity contribution in [2.75, 3.05) is 26.5 Å². The summed E-state index contributed by atoms with van der Waals surface area (Å²) < 4.78 is 10.7. The van der Waals surface area contributed by atoms with Gasteiger partial charge in [0, 0.05) is 12.3 Å². The summed E-state index contributed by atoms with van der Waals surface area (Å²) in [5.41, 5.74) is 1.10. The van der Waals surface area contributed by atoms with Crippen LogP contribution in [0.15, 0.2) is 18.2 Å². The van der Waals surface area contributed by atoms with Crippen molar-refractivity contribution in [3.8, 4) is 11.5 Å². The molecular formula is C26H44N2O3S. The molecular weight excluding hydrogens is 420 g/mol. The Labute approximate surface area is 199 Å². The maximum atomic E-state index is 12.5. The van der Waals surface area contributed by atoms with Gasteiger partial charge in [-0.25, -0.2) is 0 Å². The molecule has 0 bridgehead atoms. The number of benzene rings is 1. The van der Waals surface area contributed by atoms with Crippen LogP contribution in [0.3, 0.4) is 0 Å². The van der Waals surface area contributed by atoms with Crippen molar-refractivity contribution in [1.82, 2.24) is 10.6 Å². The smallest absolute Gasteiger partial charge is 0.238 e. The van der Waals surface area contributed by atoms with E-state index in [0.29, 0.717) is 5.75 Å². The molecule has 1 unspecified atom stereocenters. The highest BCUT2D eigenvalue weighted by Crippen LogP contribution is 2.37. The van der Waals surface area contributed by atoms with Crippen LogP contribution >= 0.6 is 11.8 Å². The van der Waals surface area contributed by atoms with Gasteiger partial charge in [-0.05, 0) is 24.1 Å². The van der Waals surface area contributed by atoms with Crippen LogP contribution in [-0.2, 0) is 4.79 Å². The first-order valence-electron chi connectivity index (χ1n) is 12.6. The molecule has 0 radical (unpaired) electrons. The number of carbonyl (C=O) groups is 1. The third kappa shape index (κ3) is 9.62. The number of amides is 1. The molecule has 1 saturated heterocycles. The first-order chi connectivity index (χ1) is 15.7. The molecule has 2 N–H and O–H groups in total. The zero-order valence-electron chi connectivity index (χ0n) is 20.4. The van der Waals surface area contributed by atoms with Gasteiger partial charge in [0.15, 0.2) is 11.5 Å². The topological polar surface area (TPSA) is 59.6 Å². The first-order valence-corrected chi connectivity index (χ1v) is 13.6. The van der Waals surface area contributed by atoms with Gasteiger partial charge in [0.25, 0.3) is 0 Å². The van der Waals surface area contributed by atoms with E-state index in [4.69, 9.17) is 9.47 Å². The largest absolute Gasteiger partial charge is 0.493 e. The summed E-state index contributed by atoms with van der Waals surface area (Å²) in [6.07, 6.45) is 16.0. The zero-order valence-corrected chi connectivity index (χ0v) is 21.2. The van der Waals surface area contributed by atoms with Gasteiger partial charge in [0.05, 0.1) is 25.6 Å². The third-order valence-corrected chi connectivity index (χ3v) is 7.41. The Morgan fingerprint density at radius 2 is 1.53 bits per heavy atom. The Hall–Kier alpha value is -1.40. The molecule has 1 aromatic carbocycles. The van der Waals surface area contributed by atoms with E-state index < -0.39 is 0 Å². The molecule has 32 heavy (non-hydrogen) atoms. The Bertz CT molecular complexity index is 656. The molecule has 1 aliphatic heterocycles.